The molecular formula is C23H14O5. The van der Waals surface area contributed by atoms with Gasteiger partial charge >= 0.3 is 0 Å². The second kappa shape index (κ2) is 5.89. The van der Waals surface area contributed by atoms with E-state index in [9.17, 15) is 19.5 Å². The number of rotatable bonds is 3. The molecule has 0 bridgehead atoms. The zero-order valence-electron chi connectivity index (χ0n) is 14.6. The van der Waals surface area contributed by atoms with Crippen LogP contribution in [0.3, 0.4) is 0 Å². The van der Waals surface area contributed by atoms with Gasteiger partial charge < -0.3 is 9.52 Å². The first-order valence-corrected chi connectivity index (χ1v) is 8.87. The maximum atomic E-state index is 13.1. The summed E-state index contributed by atoms with van der Waals surface area (Å²) in [5, 5.41) is 10.8. The Kier molecular flexibility index (Phi) is 3.46. The van der Waals surface area contributed by atoms with Crippen molar-refractivity contribution in [2.75, 3.05) is 0 Å². The second-order valence-electron chi connectivity index (χ2n) is 6.88. The molecule has 28 heavy (non-hydrogen) atoms. The average molecular weight is 370 g/mol. The number of furan rings is 1. The van der Waals surface area contributed by atoms with Crippen molar-refractivity contribution in [3.05, 3.63) is 101 Å². The van der Waals surface area contributed by atoms with Gasteiger partial charge in [0.05, 0.1) is 23.7 Å². The monoisotopic (exact) mass is 370 g/mol. The molecule has 3 aromatic rings. The highest BCUT2D eigenvalue weighted by Gasteiger charge is 2.50. The van der Waals surface area contributed by atoms with Crippen LogP contribution in [0, 0.1) is 5.92 Å². The summed E-state index contributed by atoms with van der Waals surface area (Å²) in [4.78, 5) is 39.3. The molecule has 5 heteroatoms. The Morgan fingerprint density at radius 2 is 1.32 bits per heavy atom. The molecule has 2 aliphatic rings. The van der Waals surface area contributed by atoms with E-state index >= 15 is 0 Å². The van der Waals surface area contributed by atoms with Crippen LogP contribution < -0.4 is 0 Å². The Bertz CT molecular complexity index is 1150. The highest BCUT2D eigenvalue weighted by Crippen LogP contribution is 2.46. The summed E-state index contributed by atoms with van der Waals surface area (Å²) in [7, 11) is 0. The van der Waals surface area contributed by atoms with Crippen molar-refractivity contribution >= 4 is 23.1 Å². The van der Waals surface area contributed by atoms with Crippen LogP contribution >= 0.6 is 0 Å². The molecule has 0 radical (unpaired) electrons. The first kappa shape index (κ1) is 16.4. The number of hydrogen-bond donors (Lipinski definition) is 1. The predicted octanol–water partition coefficient (Wildman–Crippen LogP) is 4.22. The standard InChI is InChI=1S/C23H14O5/c24-20-12-6-1-2-7-13(12)21(25)18(20)17(16-10-5-11-28-16)19-22(26)14-8-3-4-9-15(14)23(19)27/h1-11,17-18,26H/t17-/m0/s1. The molecule has 0 saturated carbocycles. The van der Waals surface area contributed by atoms with Crippen LogP contribution in [0.25, 0.3) is 5.76 Å². The Balaban J connectivity index is 1.71. The molecule has 0 unspecified atom stereocenters. The number of hydrogen-bond acceptors (Lipinski definition) is 5. The molecule has 0 fully saturated rings. The molecule has 0 aliphatic heterocycles. The molecule has 0 spiro atoms. The molecule has 1 aromatic heterocycles. The predicted molar refractivity (Wildman–Crippen MR) is 100 cm³/mol. The lowest BCUT2D eigenvalue weighted by atomic mass is 9.79. The van der Waals surface area contributed by atoms with Gasteiger partial charge in [0.15, 0.2) is 17.3 Å². The summed E-state index contributed by atoms with van der Waals surface area (Å²) in [5.74, 6) is -3.20. The maximum absolute atomic E-state index is 13.1. The Morgan fingerprint density at radius 1 is 0.750 bits per heavy atom. The van der Waals surface area contributed by atoms with Crippen LogP contribution in [-0.2, 0) is 0 Å². The fourth-order valence-electron chi connectivity index (χ4n) is 4.18. The third-order valence-electron chi connectivity index (χ3n) is 5.44. The largest absolute Gasteiger partial charge is 0.507 e. The summed E-state index contributed by atoms with van der Waals surface area (Å²) in [6, 6.07) is 16.5. The summed E-state index contributed by atoms with van der Waals surface area (Å²) >= 11 is 0. The van der Waals surface area contributed by atoms with Gasteiger partial charge in [0.25, 0.3) is 0 Å². The molecule has 1 N–H and O–H groups in total. The lowest BCUT2D eigenvalue weighted by Gasteiger charge is -2.20. The molecule has 2 aromatic carbocycles. The number of carbonyl (C=O) groups is 3. The smallest absolute Gasteiger partial charge is 0.194 e. The van der Waals surface area contributed by atoms with E-state index < -0.39 is 17.6 Å². The molecule has 1 atom stereocenters. The van der Waals surface area contributed by atoms with E-state index in [0.29, 0.717) is 28.0 Å². The fourth-order valence-corrected chi connectivity index (χ4v) is 4.18. The zero-order valence-corrected chi connectivity index (χ0v) is 14.6. The molecule has 5 rings (SSSR count). The minimum atomic E-state index is -1.15. The van der Waals surface area contributed by atoms with Gasteiger partial charge in [-0.2, -0.15) is 0 Å². The van der Waals surface area contributed by atoms with E-state index in [1.807, 2.05) is 0 Å². The molecule has 0 amide bonds. The van der Waals surface area contributed by atoms with Crippen LogP contribution in [-0.4, -0.2) is 22.5 Å². The van der Waals surface area contributed by atoms with E-state index in [4.69, 9.17) is 4.42 Å². The van der Waals surface area contributed by atoms with Crippen molar-refractivity contribution in [2.45, 2.75) is 5.92 Å². The second-order valence-corrected chi connectivity index (χ2v) is 6.88. The Labute approximate surface area is 159 Å². The van der Waals surface area contributed by atoms with Crippen LogP contribution in [0.5, 0.6) is 0 Å². The Hall–Kier alpha value is -3.73. The molecule has 136 valence electrons. The Morgan fingerprint density at radius 3 is 1.86 bits per heavy atom. The zero-order chi connectivity index (χ0) is 19.4. The van der Waals surface area contributed by atoms with Gasteiger partial charge in [-0.15, -0.1) is 0 Å². The quantitative estimate of drug-likeness (QED) is 0.698. The highest BCUT2D eigenvalue weighted by molar-refractivity contribution is 6.29. The number of fused-ring (bicyclic) bond motifs is 2. The van der Waals surface area contributed by atoms with E-state index in [0.717, 1.165) is 0 Å². The van der Waals surface area contributed by atoms with Gasteiger partial charge in [-0.25, -0.2) is 0 Å². The number of Topliss-reactive ketones (excluding diaryl/α,β-unsaturated/α-hetero) is 3. The van der Waals surface area contributed by atoms with Crippen LogP contribution in [0.15, 0.2) is 76.9 Å². The SMILES string of the molecule is O=C1C([C@@H](c2ccco2)C2C(=O)c3ccccc3C2=O)=C(O)c2ccccc21. The molecule has 1 heterocycles. The van der Waals surface area contributed by atoms with Gasteiger partial charge in [0, 0.05) is 22.3 Å². The van der Waals surface area contributed by atoms with Gasteiger partial charge in [-0.3, -0.25) is 14.4 Å². The van der Waals surface area contributed by atoms with E-state index in [-0.39, 0.29) is 22.9 Å². The van der Waals surface area contributed by atoms with Gasteiger partial charge in [-0.1, -0.05) is 48.5 Å². The molecule has 5 nitrogen and oxygen atoms in total. The lowest BCUT2D eigenvalue weighted by molar-refractivity contribution is 0.0814. The third kappa shape index (κ3) is 2.10. The van der Waals surface area contributed by atoms with Crippen LogP contribution in [0.1, 0.15) is 48.3 Å². The number of aliphatic hydroxyl groups is 1. The van der Waals surface area contributed by atoms with Crippen LogP contribution in [0.4, 0.5) is 0 Å². The van der Waals surface area contributed by atoms with Crippen molar-refractivity contribution in [3.8, 4) is 0 Å². The lowest BCUT2D eigenvalue weighted by Crippen LogP contribution is -2.27. The number of carbonyl (C=O) groups excluding carboxylic acids is 3. The first-order valence-electron chi connectivity index (χ1n) is 8.87. The van der Waals surface area contributed by atoms with Gasteiger partial charge in [0.2, 0.25) is 0 Å². The van der Waals surface area contributed by atoms with Gasteiger partial charge in [0.1, 0.15) is 11.5 Å². The van der Waals surface area contributed by atoms with Crippen molar-refractivity contribution < 1.29 is 23.9 Å². The summed E-state index contributed by atoms with van der Waals surface area (Å²) in [6.45, 7) is 0. The fraction of sp³-hybridized carbons (Fsp3) is 0.0870. The minimum absolute atomic E-state index is 0.0238. The minimum Gasteiger partial charge on any atom is -0.507 e. The topological polar surface area (TPSA) is 84.6 Å². The molecular weight excluding hydrogens is 356 g/mol. The summed E-state index contributed by atoms with van der Waals surface area (Å²) < 4.78 is 5.51. The van der Waals surface area contributed by atoms with Crippen LogP contribution in [0.2, 0.25) is 0 Å². The average Bonchev–Trinajstić information content (AvgIpc) is 3.40. The first-order chi connectivity index (χ1) is 13.6. The van der Waals surface area contributed by atoms with E-state index in [2.05, 4.69) is 0 Å². The summed E-state index contributed by atoms with van der Waals surface area (Å²) in [6.07, 6.45) is 1.42. The van der Waals surface area contributed by atoms with E-state index in [1.165, 1.54) is 6.26 Å². The number of aliphatic hydroxyl groups excluding tert-OH is 1. The van der Waals surface area contributed by atoms with Crippen molar-refractivity contribution in [1.82, 2.24) is 0 Å². The molecule has 2 aliphatic carbocycles. The highest BCUT2D eigenvalue weighted by atomic mass is 16.3. The van der Waals surface area contributed by atoms with Crippen molar-refractivity contribution in [1.29, 1.82) is 0 Å². The van der Waals surface area contributed by atoms with Crippen molar-refractivity contribution in [3.63, 3.8) is 0 Å². The van der Waals surface area contributed by atoms with E-state index in [1.54, 1.807) is 60.7 Å². The van der Waals surface area contributed by atoms with Crippen molar-refractivity contribution in [2.24, 2.45) is 5.92 Å². The number of allylic oxidation sites excluding steroid dienone is 1. The molecule has 0 saturated heterocycles. The van der Waals surface area contributed by atoms with Gasteiger partial charge in [-0.05, 0) is 12.1 Å². The normalized spacial score (nSPS) is 17.2. The third-order valence-corrected chi connectivity index (χ3v) is 5.44. The number of benzene rings is 2. The number of ketones is 3. The maximum Gasteiger partial charge on any atom is 0.194 e. The summed E-state index contributed by atoms with van der Waals surface area (Å²) in [5.41, 5.74) is 1.43.